The van der Waals surface area contributed by atoms with Crippen molar-refractivity contribution in [3.05, 3.63) is 41.7 Å². The smallest absolute Gasteiger partial charge is 0.304 e. The molecule has 1 aromatic heterocycles. The number of amides is 1. The Bertz CT molecular complexity index is 716. The van der Waals surface area contributed by atoms with Crippen LogP contribution in [0.1, 0.15) is 45.0 Å². The Morgan fingerprint density at radius 2 is 2.00 bits per heavy atom. The summed E-state index contributed by atoms with van der Waals surface area (Å²) >= 11 is 0. The standard InChI is InChI=1S/C17H23N5O3/c1-4-5-11-18-16(24)17(3,25-13(2)23)15-19-20-21-22(15)12-14-9-7-6-8-10-14/h6-10H,4-5,11-12H2,1-3H3,(H,18,24). The number of tetrazole rings is 1. The van der Waals surface area contributed by atoms with E-state index in [0.29, 0.717) is 13.1 Å². The number of hydrogen-bond acceptors (Lipinski definition) is 6. The molecule has 0 radical (unpaired) electrons. The molecule has 0 spiro atoms. The van der Waals surface area contributed by atoms with E-state index >= 15 is 0 Å². The minimum Gasteiger partial charge on any atom is -0.441 e. The quantitative estimate of drug-likeness (QED) is 0.574. The van der Waals surface area contributed by atoms with Gasteiger partial charge >= 0.3 is 5.97 Å². The third kappa shape index (κ3) is 4.62. The van der Waals surface area contributed by atoms with Crippen LogP contribution in [0.4, 0.5) is 0 Å². The van der Waals surface area contributed by atoms with Crippen molar-refractivity contribution in [1.29, 1.82) is 0 Å². The molecule has 0 saturated carbocycles. The number of rotatable bonds is 8. The molecular formula is C17H23N5O3. The number of hydrogen-bond donors (Lipinski definition) is 1. The van der Waals surface area contributed by atoms with Crippen molar-refractivity contribution < 1.29 is 14.3 Å². The third-order valence-corrected chi connectivity index (χ3v) is 3.73. The fraction of sp³-hybridized carbons (Fsp3) is 0.471. The van der Waals surface area contributed by atoms with E-state index in [1.165, 1.54) is 18.5 Å². The first-order valence-corrected chi connectivity index (χ1v) is 8.25. The van der Waals surface area contributed by atoms with Crippen molar-refractivity contribution in [3.8, 4) is 0 Å². The second-order valence-electron chi connectivity index (χ2n) is 5.88. The highest BCUT2D eigenvalue weighted by Gasteiger charge is 2.43. The lowest BCUT2D eigenvalue weighted by molar-refractivity contribution is -0.167. The van der Waals surface area contributed by atoms with Crippen molar-refractivity contribution in [2.75, 3.05) is 6.54 Å². The van der Waals surface area contributed by atoms with Gasteiger partial charge in [-0.05, 0) is 29.3 Å². The van der Waals surface area contributed by atoms with Gasteiger partial charge in [0.1, 0.15) is 0 Å². The largest absolute Gasteiger partial charge is 0.441 e. The van der Waals surface area contributed by atoms with E-state index < -0.39 is 17.5 Å². The van der Waals surface area contributed by atoms with Gasteiger partial charge in [0.25, 0.3) is 5.91 Å². The Morgan fingerprint density at radius 1 is 1.28 bits per heavy atom. The normalized spacial score (nSPS) is 13.1. The zero-order valence-corrected chi connectivity index (χ0v) is 14.7. The van der Waals surface area contributed by atoms with Gasteiger partial charge in [0.05, 0.1) is 6.54 Å². The van der Waals surface area contributed by atoms with Crippen LogP contribution in [0.2, 0.25) is 0 Å². The third-order valence-electron chi connectivity index (χ3n) is 3.73. The molecule has 134 valence electrons. The van der Waals surface area contributed by atoms with Gasteiger partial charge in [-0.25, -0.2) is 4.68 Å². The summed E-state index contributed by atoms with van der Waals surface area (Å²) in [6, 6.07) is 9.57. The minimum atomic E-state index is -1.60. The van der Waals surface area contributed by atoms with E-state index in [1.807, 2.05) is 37.3 Å². The van der Waals surface area contributed by atoms with Crippen LogP contribution in [0.5, 0.6) is 0 Å². The molecule has 8 nitrogen and oxygen atoms in total. The molecule has 1 amide bonds. The lowest BCUT2D eigenvalue weighted by Gasteiger charge is -2.26. The summed E-state index contributed by atoms with van der Waals surface area (Å²) in [6.07, 6.45) is 1.77. The summed E-state index contributed by atoms with van der Waals surface area (Å²) in [7, 11) is 0. The number of carbonyl (C=O) groups is 2. The number of unbranched alkanes of at least 4 members (excludes halogenated alkanes) is 1. The maximum Gasteiger partial charge on any atom is 0.304 e. The number of nitrogens with one attached hydrogen (secondary N) is 1. The predicted molar refractivity (Wildman–Crippen MR) is 90.4 cm³/mol. The molecule has 2 aromatic rings. The molecule has 1 aromatic carbocycles. The summed E-state index contributed by atoms with van der Waals surface area (Å²) in [4.78, 5) is 24.3. The summed E-state index contributed by atoms with van der Waals surface area (Å²) in [5.74, 6) is -0.844. The van der Waals surface area contributed by atoms with Gasteiger partial charge in [0.15, 0.2) is 0 Å². The Hall–Kier alpha value is -2.77. The molecule has 0 aliphatic heterocycles. The van der Waals surface area contributed by atoms with Gasteiger partial charge in [0.2, 0.25) is 11.4 Å². The first-order valence-electron chi connectivity index (χ1n) is 8.25. The average Bonchev–Trinajstić information content (AvgIpc) is 3.04. The highest BCUT2D eigenvalue weighted by Crippen LogP contribution is 2.24. The molecular weight excluding hydrogens is 322 g/mol. The van der Waals surface area contributed by atoms with E-state index in [-0.39, 0.29) is 5.82 Å². The number of ether oxygens (including phenoxy) is 1. The van der Waals surface area contributed by atoms with Crippen molar-refractivity contribution in [3.63, 3.8) is 0 Å². The van der Waals surface area contributed by atoms with E-state index in [9.17, 15) is 9.59 Å². The van der Waals surface area contributed by atoms with Gasteiger partial charge in [0, 0.05) is 13.5 Å². The number of aromatic nitrogens is 4. The van der Waals surface area contributed by atoms with Gasteiger partial charge in [-0.1, -0.05) is 43.7 Å². The van der Waals surface area contributed by atoms with Crippen LogP contribution < -0.4 is 5.32 Å². The van der Waals surface area contributed by atoms with Crippen molar-refractivity contribution >= 4 is 11.9 Å². The fourth-order valence-electron chi connectivity index (χ4n) is 2.44. The van der Waals surface area contributed by atoms with E-state index in [1.54, 1.807) is 0 Å². The monoisotopic (exact) mass is 345 g/mol. The maximum atomic E-state index is 12.7. The van der Waals surface area contributed by atoms with Crippen LogP contribution in [0, 0.1) is 0 Å². The Morgan fingerprint density at radius 3 is 2.64 bits per heavy atom. The van der Waals surface area contributed by atoms with Crippen LogP contribution in [0.15, 0.2) is 30.3 Å². The van der Waals surface area contributed by atoms with Crippen molar-refractivity contribution in [2.24, 2.45) is 0 Å². The summed E-state index contributed by atoms with van der Waals surface area (Å²) in [5, 5.41) is 14.3. The molecule has 1 N–H and O–H groups in total. The van der Waals surface area contributed by atoms with Crippen LogP contribution in [-0.2, 0) is 26.5 Å². The Balaban J connectivity index is 2.30. The van der Waals surface area contributed by atoms with Crippen molar-refractivity contribution in [2.45, 2.75) is 45.8 Å². The number of nitrogens with zero attached hydrogens (tertiary/aromatic N) is 4. The van der Waals surface area contributed by atoms with E-state index in [4.69, 9.17) is 4.74 Å². The first-order chi connectivity index (χ1) is 12.0. The summed E-state index contributed by atoms with van der Waals surface area (Å²) in [6.45, 7) is 5.64. The second kappa shape index (κ2) is 8.36. The molecule has 0 fully saturated rings. The topological polar surface area (TPSA) is 99.0 Å². The van der Waals surface area contributed by atoms with Crippen LogP contribution in [0.25, 0.3) is 0 Å². The van der Waals surface area contributed by atoms with E-state index in [0.717, 1.165) is 18.4 Å². The van der Waals surface area contributed by atoms with Crippen LogP contribution >= 0.6 is 0 Å². The molecule has 25 heavy (non-hydrogen) atoms. The fourth-order valence-corrected chi connectivity index (χ4v) is 2.44. The van der Waals surface area contributed by atoms with Gasteiger partial charge in [-0.2, -0.15) is 0 Å². The second-order valence-corrected chi connectivity index (χ2v) is 5.88. The van der Waals surface area contributed by atoms with E-state index in [2.05, 4.69) is 20.8 Å². The van der Waals surface area contributed by atoms with Gasteiger partial charge in [-0.15, -0.1) is 5.10 Å². The molecule has 1 heterocycles. The molecule has 0 aliphatic rings. The van der Waals surface area contributed by atoms with Crippen LogP contribution in [0.3, 0.4) is 0 Å². The average molecular weight is 345 g/mol. The zero-order valence-electron chi connectivity index (χ0n) is 14.7. The number of esters is 1. The maximum absolute atomic E-state index is 12.7. The van der Waals surface area contributed by atoms with Crippen LogP contribution in [-0.4, -0.2) is 38.6 Å². The highest BCUT2D eigenvalue weighted by atomic mass is 16.6. The summed E-state index contributed by atoms with van der Waals surface area (Å²) < 4.78 is 6.81. The lowest BCUT2D eigenvalue weighted by atomic mass is 10.0. The predicted octanol–water partition coefficient (Wildman–Crippen LogP) is 1.42. The Kier molecular flexibility index (Phi) is 6.21. The SMILES string of the molecule is CCCCNC(=O)C(C)(OC(C)=O)c1nnnn1Cc1ccccc1. The molecule has 8 heteroatoms. The lowest BCUT2D eigenvalue weighted by Crippen LogP contribution is -2.47. The molecule has 1 unspecified atom stereocenters. The molecule has 0 aliphatic carbocycles. The van der Waals surface area contributed by atoms with Gasteiger partial charge < -0.3 is 10.1 Å². The van der Waals surface area contributed by atoms with Gasteiger partial charge in [-0.3, -0.25) is 9.59 Å². The number of benzene rings is 1. The molecule has 0 saturated heterocycles. The first kappa shape index (κ1) is 18.6. The Labute approximate surface area is 146 Å². The molecule has 2 rings (SSSR count). The molecule has 0 bridgehead atoms. The van der Waals surface area contributed by atoms with Crippen molar-refractivity contribution in [1.82, 2.24) is 25.5 Å². The highest BCUT2D eigenvalue weighted by molar-refractivity contribution is 5.87. The molecule has 1 atom stereocenters. The number of carbonyl (C=O) groups excluding carboxylic acids is 2. The summed E-state index contributed by atoms with van der Waals surface area (Å²) in [5.41, 5.74) is -0.634. The zero-order chi connectivity index (χ0) is 18.3. The minimum absolute atomic E-state index is 0.181.